The van der Waals surface area contributed by atoms with E-state index in [1.54, 1.807) is 110 Å². The van der Waals surface area contributed by atoms with Crippen LogP contribution in [0.4, 0.5) is 0 Å². The van der Waals surface area contributed by atoms with Gasteiger partial charge in [0.2, 0.25) is 0 Å². The summed E-state index contributed by atoms with van der Waals surface area (Å²) in [5.41, 5.74) is 2.00. The van der Waals surface area contributed by atoms with E-state index >= 15 is 0 Å². The van der Waals surface area contributed by atoms with Gasteiger partial charge in [0.05, 0.1) is 12.2 Å². The molecule has 0 radical (unpaired) electrons. The summed E-state index contributed by atoms with van der Waals surface area (Å²) in [5.74, 6) is 16.0. The van der Waals surface area contributed by atoms with Crippen molar-refractivity contribution in [1.29, 1.82) is 0 Å². The maximum atomic E-state index is 8.95. The maximum absolute atomic E-state index is 8.95. The number of ether oxygens (including phenoxy) is 5. The summed E-state index contributed by atoms with van der Waals surface area (Å²) in [7, 11) is 0. The van der Waals surface area contributed by atoms with Gasteiger partial charge in [0.15, 0.2) is 0 Å². The fourth-order valence-electron chi connectivity index (χ4n) is 17.4. The zero-order valence-corrected chi connectivity index (χ0v) is 65.8. The molecule has 2 heterocycles. The molecule has 1 N–H and O–H groups in total. The van der Waals surface area contributed by atoms with Crippen LogP contribution in [0.3, 0.4) is 0 Å². The smallest absolute Gasteiger partial charge is 0.278 e. The Morgan fingerprint density at radius 3 is 1.24 bits per heavy atom. The summed E-state index contributed by atoms with van der Waals surface area (Å²) in [5, 5.41) is 8.95. The Bertz CT molecular complexity index is 1530. The molecule has 0 aromatic rings. The number of hydrogen-bond donors (Lipinski definition) is 1. The van der Waals surface area contributed by atoms with Crippen LogP contribution < -0.4 is 0 Å². The first kappa shape index (κ1) is 87.4. The quantitative estimate of drug-likeness (QED) is 0.175. The fourth-order valence-corrected chi connectivity index (χ4v) is 17.4. The Kier molecular flexibility index (Phi) is 54.3. The number of aliphatic hydroxyl groups excluding tert-OH is 1. The Balaban J connectivity index is 0. The second kappa shape index (κ2) is 52.8. The van der Waals surface area contributed by atoms with Crippen molar-refractivity contribution >= 4 is 0 Å². The van der Waals surface area contributed by atoms with E-state index in [0.29, 0.717) is 6.10 Å². The van der Waals surface area contributed by atoms with Crippen molar-refractivity contribution in [3.63, 3.8) is 0 Å². The van der Waals surface area contributed by atoms with E-state index in [2.05, 4.69) is 48.5 Å². The SMILES string of the molecule is C1CCC2C(C1)CCC2CCCC1CCC2CCCCC21.C1CCOC1.C1CCOC1.CC.CC.CC.CC.CC.CC(C)=C(O)OC(C)C.CC(C)=C(OC(C)C)O[C@@H](CC1CCC2C(C)CCCC12)CC1CCC2C(C)CCC(C)C12.[Zr].[Zr]. The predicted molar refractivity (Wildman–Crippen MR) is 363 cm³/mol. The molecule has 8 heteroatoms. The Labute approximate surface area is 571 Å². The second-order valence-corrected chi connectivity index (χ2v) is 27.5. The zero-order chi connectivity index (χ0) is 62.3. The monoisotopic (exact) mass is 1350 g/mol. The van der Waals surface area contributed by atoms with Crippen LogP contribution in [-0.4, -0.2) is 49.8 Å². The Morgan fingerprint density at radius 2 is 0.800 bits per heavy atom. The number of rotatable bonds is 14. The molecule has 10 rings (SSSR count). The summed E-state index contributed by atoms with van der Waals surface area (Å²) in [6, 6.07) is 0. The predicted octanol–water partition coefficient (Wildman–Crippen LogP) is 24.5. The van der Waals surface area contributed by atoms with Gasteiger partial charge in [-0.2, -0.15) is 0 Å². The van der Waals surface area contributed by atoms with Gasteiger partial charge in [-0.05, 0) is 253 Å². The third kappa shape index (κ3) is 32.2. The van der Waals surface area contributed by atoms with Crippen LogP contribution in [0.2, 0.25) is 0 Å². The van der Waals surface area contributed by atoms with Gasteiger partial charge < -0.3 is 28.8 Å². The summed E-state index contributed by atoms with van der Waals surface area (Å²) in [6.45, 7) is 47.5. The topological polar surface area (TPSA) is 66.4 Å². The molecule has 2 saturated heterocycles. The Morgan fingerprint density at radius 1 is 0.388 bits per heavy atom. The van der Waals surface area contributed by atoms with Crippen LogP contribution in [0, 0.1) is 88.8 Å². The van der Waals surface area contributed by atoms with E-state index in [0.717, 1.165) is 127 Å². The summed E-state index contributed by atoms with van der Waals surface area (Å²) in [4.78, 5) is 0. The van der Waals surface area contributed by atoms with Crippen molar-refractivity contribution in [1.82, 2.24) is 0 Å². The molecule has 0 aromatic carbocycles. The first-order chi connectivity index (χ1) is 40.2. The van der Waals surface area contributed by atoms with Gasteiger partial charge >= 0.3 is 0 Å². The minimum atomic E-state index is 0. The summed E-state index contributed by atoms with van der Waals surface area (Å²) < 4.78 is 27.9. The van der Waals surface area contributed by atoms with Gasteiger partial charge in [0.1, 0.15) is 6.10 Å². The van der Waals surface area contributed by atoms with E-state index in [1.807, 2.05) is 83.1 Å². The minimum Gasteiger partial charge on any atom is -0.481 e. The van der Waals surface area contributed by atoms with Crippen LogP contribution in [0.5, 0.6) is 0 Å². The zero-order valence-electron chi connectivity index (χ0n) is 60.9. The molecule has 6 nitrogen and oxygen atoms in total. The fraction of sp³-hybridized carbons (Fsp3) is 0.948. The van der Waals surface area contributed by atoms with E-state index in [9.17, 15) is 0 Å². The van der Waals surface area contributed by atoms with E-state index in [4.69, 9.17) is 28.8 Å². The van der Waals surface area contributed by atoms with Gasteiger partial charge in [-0.15, -0.1) is 0 Å². The van der Waals surface area contributed by atoms with Gasteiger partial charge in [-0.25, -0.2) is 0 Å². The maximum Gasteiger partial charge on any atom is 0.278 e. The molecule has 0 amide bonds. The molecule has 0 spiro atoms. The number of hydrogen-bond acceptors (Lipinski definition) is 6. The molecule has 16 atom stereocenters. The molecule has 15 unspecified atom stereocenters. The molecule has 0 aromatic heterocycles. The average molecular weight is 1350 g/mol. The number of aliphatic hydroxyl groups is 1. The molecule has 2 aliphatic heterocycles. The van der Waals surface area contributed by atoms with Crippen molar-refractivity contribution in [3.05, 3.63) is 23.0 Å². The standard InChI is InChI=1S/C31H54O2.C21H36.C7H14O2.2C4H8O.5C2H6.2Zr/c1-19(2)31(32-20(3)4)33-26(17-24-13-15-27-21(5)9-8-10-29(24)27)18-25-14-16-28-22(6)11-12-23(7)30(25)28;1-3-10-20-16(6-1)12-14-18(20)8-5-9-19-15-13-17-7-2-4-11-21(17)19;1-5(2)7(8)9-6(3)4;2*1-2-4-5-3-1;5*1-2;;/h20-30H,8-18H2,1-7H3;16-21H,1-15H2;6,8H,1-4H3;2*1-4H2;5*1-2H3;;/t21?,22?,23?,24?,25?,26-,27?,28?,29?,30?;;;;;;;;;;;/m0.........../s1. The average Bonchev–Trinajstić information content (AvgIpc) is 2.98. The largest absolute Gasteiger partial charge is 0.481 e. The number of allylic oxidation sites excluding steroid dienone is 2. The van der Waals surface area contributed by atoms with Gasteiger partial charge in [0, 0.05) is 90.0 Å². The summed E-state index contributed by atoms with van der Waals surface area (Å²) in [6.07, 6.45) is 44.8. The van der Waals surface area contributed by atoms with Crippen LogP contribution in [0.15, 0.2) is 23.0 Å². The molecule has 0 bridgehead atoms. The van der Waals surface area contributed by atoms with E-state index in [-0.39, 0.29) is 70.6 Å². The third-order valence-electron chi connectivity index (χ3n) is 21.0. The molecule has 10 fully saturated rings. The van der Waals surface area contributed by atoms with Gasteiger partial charge in [0.25, 0.3) is 11.9 Å². The van der Waals surface area contributed by atoms with Crippen molar-refractivity contribution < 1.29 is 81.2 Å². The van der Waals surface area contributed by atoms with E-state index in [1.165, 1.54) is 102 Å². The van der Waals surface area contributed by atoms with Crippen molar-refractivity contribution in [2.45, 2.75) is 356 Å². The normalized spacial score (nSPS) is 31.7. The molecule has 10 aliphatic rings. The van der Waals surface area contributed by atoms with Crippen molar-refractivity contribution in [2.24, 2.45) is 88.8 Å². The minimum absolute atomic E-state index is 0. The molecular weight excluding hydrogens is 1200 g/mol. The third-order valence-corrected chi connectivity index (χ3v) is 21.0. The molecule has 85 heavy (non-hydrogen) atoms. The van der Waals surface area contributed by atoms with Crippen LogP contribution in [0.1, 0.15) is 338 Å². The van der Waals surface area contributed by atoms with Crippen LogP contribution in [-0.2, 0) is 76.1 Å². The first-order valence-electron chi connectivity index (χ1n) is 37.4. The molecule has 8 saturated carbocycles. The molecule has 502 valence electrons. The number of fused-ring (bicyclic) bond motifs is 4. The van der Waals surface area contributed by atoms with Crippen LogP contribution >= 0.6 is 0 Å². The van der Waals surface area contributed by atoms with E-state index < -0.39 is 0 Å². The summed E-state index contributed by atoms with van der Waals surface area (Å²) >= 11 is 0. The molecule has 8 aliphatic carbocycles. The molecular formula is C77H150O6Zr2. The Hall–Kier alpha value is 0.366. The van der Waals surface area contributed by atoms with Gasteiger partial charge in [-0.1, -0.05) is 173 Å². The van der Waals surface area contributed by atoms with Crippen molar-refractivity contribution in [2.75, 3.05) is 26.4 Å². The van der Waals surface area contributed by atoms with Gasteiger partial charge in [-0.3, -0.25) is 0 Å². The first-order valence-corrected chi connectivity index (χ1v) is 37.4. The van der Waals surface area contributed by atoms with Crippen molar-refractivity contribution in [3.8, 4) is 0 Å². The second-order valence-electron chi connectivity index (χ2n) is 27.5. The van der Waals surface area contributed by atoms with Crippen LogP contribution in [0.25, 0.3) is 0 Å².